The van der Waals surface area contributed by atoms with Crippen molar-refractivity contribution in [1.82, 2.24) is 20.3 Å². The maximum atomic E-state index is 14.2. The molecule has 4 aliphatic rings. The van der Waals surface area contributed by atoms with Crippen LogP contribution in [0.3, 0.4) is 0 Å². The zero-order valence-electron chi connectivity index (χ0n) is 28.6. The van der Waals surface area contributed by atoms with E-state index in [1.54, 1.807) is 12.3 Å². The van der Waals surface area contributed by atoms with Gasteiger partial charge in [0.15, 0.2) is 29.2 Å². The van der Waals surface area contributed by atoms with E-state index in [0.29, 0.717) is 41.2 Å². The van der Waals surface area contributed by atoms with Crippen LogP contribution >= 0.6 is 0 Å². The lowest BCUT2D eigenvalue weighted by Crippen LogP contribution is -2.40. The number of ketones is 1. The Morgan fingerprint density at radius 2 is 1.86 bits per heavy atom. The summed E-state index contributed by atoms with van der Waals surface area (Å²) in [5, 5.41) is 8.05. The van der Waals surface area contributed by atoms with E-state index in [0.717, 1.165) is 55.5 Å². The van der Waals surface area contributed by atoms with Gasteiger partial charge in [-0.15, -0.1) is 0 Å². The van der Waals surface area contributed by atoms with Crippen molar-refractivity contribution in [3.8, 4) is 39.8 Å². The Morgan fingerprint density at radius 1 is 1.02 bits per heavy atom. The monoisotopic (exact) mass is 677 g/mol. The minimum atomic E-state index is -1.00. The second-order valence-corrected chi connectivity index (χ2v) is 14.7. The molecule has 10 rings (SSSR count). The average Bonchev–Trinajstić information content (AvgIpc) is 3.92. The number of carbonyl (C=O) groups is 2. The van der Waals surface area contributed by atoms with Crippen molar-refractivity contribution in [2.75, 3.05) is 5.32 Å². The first-order chi connectivity index (χ1) is 24.7. The van der Waals surface area contributed by atoms with Crippen LogP contribution in [0.1, 0.15) is 68.5 Å². The molecular weight excluding hydrogens is 642 g/mol. The topological polar surface area (TPSA) is 135 Å². The molecule has 254 valence electrons. The molecule has 10 nitrogen and oxygen atoms in total. The first kappa shape index (κ1) is 30.0. The Labute approximate surface area is 293 Å². The number of allylic oxidation sites excluding steroid dienone is 2. The van der Waals surface area contributed by atoms with Crippen molar-refractivity contribution in [1.29, 1.82) is 0 Å². The maximum Gasteiger partial charge on any atom is 0.249 e. The molecule has 4 atom stereocenters. The van der Waals surface area contributed by atoms with E-state index in [-0.39, 0.29) is 24.0 Å². The van der Waals surface area contributed by atoms with E-state index in [2.05, 4.69) is 58.1 Å². The molecule has 51 heavy (non-hydrogen) atoms. The molecule has 0 saturated carbocycles. The van der Waals surface area contributed by atoms with E-state index in [4.69, 9.17) is 23.5 Å². The largest absolute Gasteiger partial charge is 0.469 e. The Hall–Kier alpha value is -5.90. The van der Waals surface area contributed by atoms with Crippen LogP contribution in [0.15, 0.2) is 87.5 Å². The predicted octanol–water partition coefficient (Wildman–Crippen LogP) is 7.85. The molecule has 2 unspecified atom stereocenters. The molecule has 10 bridgehead atoms. The summed E-state index contributed by atoms with van der Waals surface area (Å²) < 4.78 is 20.5. The van der Waals surface area contributed by atoms with E-state index >= 15 is 0 Å². The van der Waals surface area contributed by atoms with Crippen LogP contribution in [0.2, 0.25) is 0 Å². The molecule has 4 aliphatic heterocycles. The van der Waals surface area contributed by atoms with Crippen molar-refractivity contribution >= 4 is 28.3 Å². The summed E-state index contributed by atoms with van der Waals surface area (Å²) in [7, 11) is 0. The number of aromatic amines is 1. The third-order valence-corrected chi connectivity index (χ3v) is 10.8. The van der Waals surface area contributed by atoms with Gasteiger partial charge in [0.25, 0.3) is 0 Å². The highest BCUT2D eigenvalue weighted by Gasteiger charge is 2.61. The molecule has 0 radical (unpaired) electrons. The molecule has 0 fully saturated rings. The highest BCUT2D eigenvalue weighted by molar-refractivity contribution is 6.07. The fourth-order valence-corrected chi connectivity index (χ4v) is 8.60. The molecule has 3 N–H and O–H groups in total. The summed E-state index contributed by atoms with van der Waals surface area (Å²) in [5.74, 6) is 1.43. The number of para-hydroxylation sites is 1. The van der Waals surface area contributed by atoms with E-state index in [1.807, 2.05) is 46.0 Å². The SMILES string of the molecule is CC(C)=CC(=O)CC1Cc2ccc3c(c2)[C@]24c5cccc(c5NC2O3)-c2cccc3[nH]cc(c23)-c2cnc(o2)-c2nc(oc24)[C@H](C(C)C)NC1=O. The van der Waals surface area contributed by atoms with Gasteiger partial charge in [-0.25, -0.2) is 9.97 Å². The summed E-state index contributed by atoms with van der Waals surface area (Å²) in [6.45, 7) is 7.80. The Balaban J connectivity index is 1.30. The standard InChI is InChI=1S/C41H35N5O5/c1-19(2)13-23(47)16-22-14-21-11-12-30-28(15-21)41-27-9-5-8-25(34(27)46-40(41)50-30)24-7-6-10-29-32(24)26(17-42-29)31-18-43-38(49-31)35-36(41)51-39(45-35)33(20(3)4)44-37(22)48/h5-13,15,17-18,20,22,33,40,42,46H,14,16H2,1-4H3,(H,44,48)/t22?,33-,40?,41-/m0/s1. The Morgan fingerprint density at radius 3 is 2.71 bits per heavy atom. The highest BCUT2D eigenvalue weighted by Crippen LogP contribution is 2.61. The number of H-pyrrole nitrogens is 1. The second-order valence-electron chi connectivity index (χ2n) is 14.7. The van der Waals surface area contributed by atoms with Crippen LogP contribution in [0.25, 0.3) is 44.9 Å². The number of aromatic nitrogens is 3. The van der Waals surface area contributed by atoms with Crippen LogP contribution in [0, 0.1) is 11.8 Å². The number of carbonyl (C=O) groups excluding carboxylic acids is 2. The number of nitrogens with zero attached hydrogens (tertiary/aromatic N) is 2. The number of fused-ring (bicyclic) bond motifs is 7. The smallest absolute Gasteiger partial charge is 0.249 e. The zero-order chi connectivity index (χ0) is 34.8. The normalized spacial score (nSPS) is 22.0. The fraction of sp³-hybridized carbons (Fsp3) is 0.268. The molecule has 7 heterocycles. The van der Waals surface area contributed by atoms with Crippen molar-refractivity contribution in [2.45, 2.75) is 58.2 Å². The fourth-order valence-electron chi connectivity index (χ4n) is 8.60. The van der Waals surface area contributed by atoms with Crippen LogP contribution in [-0.4, -0.2) is 32.9 Å². The zero-order valence-corrected chi connectivity index (χ0v) is 28.6. The Kier molecular flexibility index (Phi) is 6.20. The number of rotatable bonds is 4. The Bertz CT molecular complexity index is 2500. The van der Waals surface area contributed by atoms with Gasteiger partial charge in [-0.1, -0.05) is 61.9 Å². The maximum absolute atomic E-state index is 14.2. The van der Waals surface area contributed by atoms with Gasteiger partial charge in [0.2, 0.25) is 17.7 Å². The highest BCUT2D eigenvalue weighted by atomic mass is 16.5. The number of benzene rings is 3. The molecule has 1 spiro atoms. The number of hydrogen-bond acceptors (Lipinski definition) is 8. The molecule has 1 amide bonds. The van der Waals surface area contributed by atoms with Gasteiger partial charge in [0.05, 0.1) is 6.20 Å². The summed E-state index contributed by atoms with van der Waals surface area (Å²) >= 11 is 0. The van der Waals surface area contributed by atoms with Crippen LogP contribution in [0.4, 0.5) is 5.69 Å². The first-order valence-corrected chi connectivity index (χ1v) is 17.5. The lowest BCUT2D eigenvalue weighted by molar-refractivity contribution is -0.129. The van der Waals surface area contributed by atoms with Gasteiger partial charge in [-0.2, -0.15) is 0 Å². The van der Waals surface area contributed by atoms with Gasteiger partial charge >= 0.3 is 0 Å². The van der Waals surface area contributed by atoms with Gasteiger partial charge in [0, 0.05) is 57.4 Å². The van der Waals surface area contributed by atoms with Gasteiger partial charge in [0.1, 0.15) is 17.2 Å². The predicted molar refractivity (Wildman–Crippen MR) is 191 cm³/mol. The number of anilines is 1. The first-order valence-electron chi connectivity index (χ1n) is 17.5. The minimum absolute atomic E-state index is 0.0736. The molecule has 3 aromatic carbocycles. The van der Waals surface area contributed by atoms with E-state index in [1.165, 1.54) is 0 Å². The van der Waals surface area contributed by atoms with Crippen molar-refractivity contribution in [3.05, 3.63) is 107 Å². The lowest BCUT2D eigenvalue weighted by atomic mass is 9.72. The summed E-state index contributed by atoms with van der Waals surface area (Å²) in [5.41, 5.74) is 7.97. The molecular formula is C41H35N5O5. The quantitative estimate of drug-likeness (QED) is 0.161. The third-order valence-electron chi connectivity index (χ3n) is 10.8. The van der Waals surface area contributed by atoms with Crippen molar-refractivity contribution < 1.29 is 23.2 Å². The van der Waals surface area contributed by atoms with E-state index in [9.17, 15) is 9.59 Å². The van der Waals surface area contributed by atoms with Gasteiger partial charge in [-0.05, 0) is 55.5 Å². The summed E-state index contributed by atoms with van der Waals surface area (Å²) in [6.07, 6.45) is 5.14. The van der Waals surface area contributed by atoms with Gasteiger partial charge in [-0.3, -0.25) is 9.59 Å². The minimum Gasteiger partial charge on any atom is -0.469 e. The van der Waals surface area contributed by atoms with Crippen LogP contribution in [-0.2, 0) is 21.4 Å². The number of nitrogens with one attached hydrogen (secondary N) is 3. The number of amides is 1. The average molecular weight is 678 g/mol. The van der Waals surface area contributed by atoms with Gasteiger partial charge < -0.3 is 29.2 Å². The molecule has 0 aliphatic carbocycles. The molecule has 3 aromatic heterocycles. The second kappa shape index (κ2) is 10.6. The van der Waals surface area contributed by atoms with Crippen LogP contribution < -0.4 is 15.4 Å². The van der Waals surface area contributed by atoms with E-state index < -0.39 is 23.6 Å². The molecule has 0 saturated heterocycles. The van der Waals surface area contributed by atoms with Crippen LogP contribution in [0.5, 0.6) is 5.75 Å². The lowest BCUT2D eigenvalue weighted by Gasteiger charge is -2.28. The molecule has 6 aromatic rings. The number of oxazole rings is 2. The third kappa shape index (κ3) is 4.16. The van der Waals surface area contributed by atoms with Crippen molar-refractivity contribution in [2.24, 2.45) is 11.8 Å². The molecule has 10 heteroatoms. The number of ether oxygens (including phenoxy) is 1. The number of hydrogen-bond donors (Lipinski definition) is 3. The summed E-state index contributed by atoms with van der Waals surface area (Å²) in [6, 6.07) is 18.0. The summed E-state index contributed by atoms with van der Waals surface area (Å²) in [4.78, 5) is 40.7. The van der Waals surface area contributed by atoms with Crippen molar-refractivity contribution in [3.63, 3.8) is 0 Å².